The molecule has 3 N–H and O–H groups in total. The number of rotatable bonds is 11. The Morgan fingerprint density at radius 2 is 1.61 bits per heavy atom. The number of carbonyl (C=O) groups is 2. The van der Waals surface area contributed by atoms with Crippen LogP contribution in [0.25, 0.3) is 0 Å². The SMILES string of the molecule is CCCCN1C(=O)[C@@H]([C@H](O)C2CC=CC2)NC(=O)C12CCN(Cc1ccc(Oc3ccc(NS(C)(=O)=O)cc3)cc1)CC2.Cl. The minimum atomic E-state index is -3.34. The molecule has 12 heteroatoms. The number of ether oxygens (including phenoxy) is 1. The number of amides is 2. The summed E-state index contributed by atoms with van der Waals surface area (Å²) in [5.74, 6) is 0.923. The molecule has 2 atom stereocenters. The number of likely N-dealkylation sites (tertiary alicyclic amines) is 1. The number of hydrogen-bond acceptors (Lipinski definition) is 7. The van der Waals surface area contributed by atoms with Crippen LogP contribution < -0.4 is 14.8 Å². The molecule has 44 heavy (non-hydrogen) atoms. The van der Waals surface area contributed by atoms with Gasteiger partial charge in [0.05, 0.1) is 12.4 Å². The van der Waals surface area contributed by atoms with Crippen molar-refractivity contribution in [3.63, 3.8) is 0 Å². The first-order valence-electron chi connectivity index (χ1n) is 15.1. The molecule has 1 aliphatic carbocycles. The van der Waals surface area contributed by atoms with Crippen molar-refractivity contribution in [3.8, 4) is 11.5 Å². The molecule has 2 aromatic rings. The highest BCUT2D eigenvalue weighted by Crippen LogP contribution is 2.36. The molecule has 2 aromatic carbocycles. The van der Waals surface area contributed by atoms with E-state index >= 15 is 0 Å². The van der Waals surface area contributed by atoms with Crippen LogP contribution in [-0.4, -0.2) is 78.7 Å². The average molecular weight is 647 g/mol. The van der Waals surface area contributed by atoms with Gasteiger partial charge >= 0.3 is 0 Å². The zero-order chi connectivity index (χ0) is 30.6. The topological polar surface area (TPSA) is 128 Å². The van der Waals surface area contributed by atoms with E-state index in [-0.39, 0.29) is 30.1 Å². The summed E-state index contributed by atoms with van der Waals surface area (Å²) in [7, 11) is -3.34. The number of carbonyl (C=O) groups excluding carboxylic acids is 2. The molecule has 2 amide bonds. The third-order valence-electron chi connectivity index (χ3n) is 8.77. The lowest BCUT2D eigenvalue weighted by Crippen LogP contribution is -2.75. The molecule has 2 saturated heterocycles. The lowest BCUT2D eigenvalue weighted by atomic mass is 9.79. The van der Waals surface area contributed by atoms with Crippen molar-refractivity contribution in [3.05, 3.63) is 66.2 Å². The second-order valence-electron chi connectivity index (χ2n) is 11.9. The fraction of sp³-hybridized carbons (Fsp3) is 0.500. The maximum atomic E-state index is 13.7. The summed E-state index contributed by atoms with van der Waals surface area (Å²) in [5, 5.41) is 13.9. The van der Waals surface area contributed by atoms with E-state index in [2.05, 4.69) is 21.9 Å². The summed E-state index contributed by atoms with van der Waals surface area (Å²) >= 11 is 0. The van der Waals surface area contributed by atoms with Gasteiger partial charge < -0.3 is 20.1 Å². The van der Waals surface area contributed by atoms with Crippen LogP contribution in [0.3, 0.4) is 0 Å². The van der Waals surface area contributed by atoms with Crippen molar-refractivity contribution in [2.24, 2.45) is 5.92 Å². The molecular formula is C32H43ClN4O6S. The van der Waals surface area contributed by atoms with Gasteiger partial charge in [-0.05, 0) is 80.0 Å². The Kier molecular flexibility index (Phi) is 11.0. The number of halogens is 1. The third-order valence-corrected chi connectivity index (χ3v) is 9.37. The van der Waals surface area contributed by atoms with Crippen molar-refractivity contribution >= 4 is 39.9 Å². The van der Waals surface area contributed by atoms with Gasteiger partial charge in [0.25, 0.3) is 0 Å². The van der Waals surface area contributed by atoms with Crippen LogP contribution in [0.5, 0.6) is 11.5 Å². The van der Waals surface area contributed by atoms with Crippen molar-refractivity contribution < 1.29 is 27.9 Å². The molecule has 5 rings (SSSR count). The van der Waals surface area contributed by atoms with Gasteiger partial charge in [0.2, 0.25) is 21.8 Å². The maximum absolute atomic E-state index is 13.7. The molecule has 0 radical (unpaired) electrons. The predicted molar refractivity (Wildman–Crippen MR) is 172 cm³/mol. The molecule has 10 nitrogen and oxygen atoms in total. The lowest BCUT2D eigenvalue weighted by Gasteiger charge is -2.52. The van der Waals surface area contributed by atoms with E-state index < -0.39 is 27.7 Å². The van der Waals surface area contributed by atoms with Gasteiger partial charge in [-0.2, -0.15) is 0 Å². The first-order chi connectivity index (χ1) is 20.6. The van der Waals surface area contributed by atoms with Crippen molar-refractivity contribution in [1.82, 2.24) is 15.1 Å². The van der Waals surface area contributed by atoms with E-state index in [4.69, 9.17) is 4.74 Å². The molecule has 0 bridgehead atoms. The summed E-state index contributed by atoms with van der Waals surface area (Å²) in [6, 6.07) is 13.6. The number of sulfonamides is 1. The molecular weight excluding hydrogens is 604 g/mol. The number of piperazine rings is 1. The van der Waals surface area contributed by atoms with Gasteiger partial charge in [0.1, 0.15) is 23.1 Å². The first kappa shape index (κ1) is 33.8. The number of hydrogen-bond donors (Lipinski definition) is 3. The van der Waals surface area contributed by atoms with Crippen LogP contribution >= 0.6 is 12.4 Å². The highest BCUT2D eigenvalue weighted by molar-refractivity contribution is 7.92. The minimum Gasteiger partial charge on any atom is -0.457 e. The van der Waals surface area contributed by atoms with E-state index in [1.54, 1.807) is 29.2 Å². The lowest BCUT2D eigenvalue weighted by molar-refractivity contribution is -0.165. The predicted octanol–water partition coefficient (Wildman–Crippen LogP) is 4.06. The van der Waals surface area contributed by atoms with Gasteiger partial charge in [-0.15, -0.1) is 12.4 Å². The van der Waals surface area contributed by atoms with Crippen LogP contribution in [0.1, 0.15) is 51.0 Å². The number of benzene rings is 2. The normalized spacial score (nSPS) is 21.2. The van der Waals surface area contributed by atoms with E-state index in [0.717, 1.165) is 37.5 Å². The summed E-state index contributed by atoms with van der Waals surface area (Å²) in [5.41, 5.74) is 0.698. The smallest absolute Gasteiger partial charge is 0.248 e. The molecule has 0 saturated carbocycles. The highest BCUT2D eigenvalue weighted by Gasteiger charge is 2.55. The first-order valence-corrected chi connectivity index (χ1v) is 17.0. The van der Waals surface area contributed by atoms with Gasteiger partial charge in [-0.1, -0.05) is 37.6 Å². The van der Waals surface area contributed by atoms with Gasteiger partial charge in [-0.3, -0.25) is 19.2 Å². The number of anilines is 1. The number of aliphatic hydroxyl groups is 1. The summed E-state index contributed by atoms with van der Waals surface area (Å²) in [4.78, 5) is 31.5. The Labute approximate surface area is 266 Å². The van der Waals surface area contributed by atoms with Crippen molar-refractivity contribution in [1.29, 1.82) is 0 Å². The van der Waals surface area contributed by atoms with Crippen LogP contribution in [-0.2, 0) is 26.2 Å². The molecule has 3 aliphatic rings. The molecule has 0 unspecified atom stereocenters. The number of allylic oxidation sites excluding steroid dienone is 2. The van der Waals surface area contributed by atoms with E-state index in [1.165, 1.54) is 0 Å². The van der Waals surface area contributed by atoms with Gasteiger partial charge in [-0.25, -0.2) is 8.42 Å². The van der Waals surface area contributed by atoms with Crippen LogP contribution in [0.4, 0.5) is 5.69 Å². The van der Waals surface area contributed by atoms with Gasteiger partial charge in [0.15, 0.2) is 0 Å². The fourth-order valence-corrected chi connectivity index (χ4v) is 6.90. The fourth-order valence-electron chi connectivity index (χ4n) is 6.34. The molecule has 2 fully saturated rings. The molecule has 1 spiro atoms. The zero-order valence-corrected chi connectivity index (χ0v) is 26.9. The largest absolute Gasteiger partial charge is 0.457 e. The Hall–Kier alpha value is -3.12. The molecule has 2 heterocycles. The number of unbranched alkanes of at least 4 members (excludes halogenated alkanes) is 1. The monoisotopic (exact) mass is 646 g/mol. The van der Waals surface area contributed by atoms with Crippen molar-refractivity contribution in [2.75, 3.05) is 30.6 Å². The second kappa shape index (κ2) is 14.3. The molecule has 0 aromatic heterocycles. The highest BCUT2D eigenvalue weighted by atomic mass is 35.5. The number of piperidine rings is 1. The van der Waals surface area contributed by atoms with E-state index in [1.807, 2.05) is 36.4 Å². The standard InChI is InChI=1S/C32H42N4O6S.ClH/c1-3-4-19-36-30(38)28(29(37)24-7-5-6-8-24)33-31(39)32(36)17-20-35(21-18-32)22-23-9-13-26(14-10-23)42-27-15-11-25(12-16-27)34-43(2,40)41;/h5-6,9-16,24,28-29,34,37H,3-4,7-8,17-22H2,1-2H3,(H,33,39);1H/t28-,29-;/m1./s1. The number of nitrogens with zero attached hydrogens (tertiary/aromatic N) is 2. The van der Waals surface area contributed by atoms with Crippen LogP contribution in [0.2, 0.25) is 0 Å². The maximum Gasteiger partial charge on any atom is 0.248 e. The van der Waals surface area contributed by atoms with Crippen LogP contribution in [0.15, 0.2) is 60.7 Å². The van der Waals surface area contributed by atoms with E-state index in [0.29, 0.717) is 56.2 Å². The Morgan fingerprint density at radius 3 is 2.18 bits per heavy atom. The molecule has 240 valence electrons. The van der Waals surface area contributed by atoms with Crippen molar-refractivity contribution in [2.45, 2.75) is 69.7 Å². The van der Waals surface area contributed by atoms with Gasteiger partial charge in [0, 0.05) is 31.9 Å². The minimum absolute atomic E-state index is 0. The number of nitrogens with one attached hydrogen (secondary N) is 2. The Morgan fingerprint density at radius 1 is 1.02 bits per heavy atom. The van der Waals surface area contributed by atoms with E-state index in [9.17, 15) is 23.1 Å². The summed E-state index contributed by atoms with van der Waals surface area (Å²) in [6.45, 7) is 4.66. The summed E-state index contributed by atoms with van der Waals surface area (Å²) < 4.78 is 31.1. The average Bonchev–Trinajstić information content (AvgIpc) is 3.52. The zero-order valence-electron chi connectivity index (χ0n) is 25.3. The Balaban J connectivity index is 0.00000442. The molecule has 2 aliphatic heterocycles. The quantitative estimate of drug-likeness (QED) is 0.314. The summed E-state index contributed by atoms with van der Waals surface area (Å²) in [6.07, 6.45) is 8.54. The van der Waals surface area contributed by atoms with Crippen LogP contribution in [0, 0.1) is 5.92 Å². The number of aliphatic hydroxyl groups excluding tert-OH is 1. The Bertz CT molecular complexity index is 1420. The second-order valence-corrected chi connectivity index (χ2v) is 13.7. The third kappa shape index (κ3) is 7.74.